The summed E-state index contributed by atoms with van der Waals surface area (Å²) in [6.45, 7) is 10.2. The molecule has 0 N–H and O–H groups in total. The van der Waals surface area contributed by atoms with Crippen molar-refractivity contribution in [3.8, 4) is 0 Å². The summed E-state index contributed by atoms with van der Waals surface area (Å²) in [5.74, 6) is 1.99. The molecule has 0 spiro atoms. The van der Waals surface area contributed by atoms with Crippen LogP contribution < -0.4 is 0 Å². The Bertz CT molecular complexity index is 282. The van der Waals surface area contributed by atoms with Crippen molar-refractivity contribution in [1.82, 2.24) is 4.90 Å². The lowest BCUT2D eigenvalue weighted by Gasteiger charge is -2.36. The monoisotopic (exact) mass is 253 g/mol. The Kier molecular flexibility index (Phi) is 4.79. The van der Waals surface area contributed by atoms with Crippen molar-refractivity contribution >= 4 is 5.78 Å². The predicted molar refractivity (Wildman–Crippen MR) is 72.5 cm³/mol. The molecular weight excluding hydrogens is 226 g/mol. The minimum Gasteiger partial charge on any atom is -0.368 e. The Labute approximate surface area is 111 Å². The molecule has 2 aliphatic rings. The van der Waals surface area contributed by atoms with E-state index in [1.807, 2.05) is 0 Å². The first-order chi connectivity index (χ1) is 8.60. The molecule has 0 aromatic heterocycles. The second-order valence-electron chi connectivity index (χ2n) is 6.27. The van der Waals surface area contributed by atoms with Crippen LogP contribution in [0.5, 0.6) is 0 Å². The fraction of sp³-hybridized carbons (Fsp3) is 0.933. The highest BCUT2D eigenvalue weighted by Crippen LogP contribution is 2.34. The molecule has 1 aliphatic carbocycles. The molecule has 1 saturated carbocycles. The Morgan fingerprint density at radius 1 is 1.22 bits per heavy atom. The van der Waals surface area contributed by atoms with Crippen molar-refractivity contribution < 1.29 is 9.53 Å². The molecule has 0 amide bonds. The number of morpholine rings is 1. The number of rotatable bonds is 3. The van der Waals surface area contributed by atoms with Crippen LogP contribution in [0.4, 0.5) is 0 Å². The summed E-state index contributed by atoms with van der Waals surface area (Å²) in [5.41, 5.74) is 0. The van der Waals surface area contributed by atoms with Crippen molar-refractivity contribution in [1.29, 1.82) is 0 Å². The van der Waals surface area contributed by atoms with Gasteiger partial charge in [0.05, 0.1) is 6.61 Å². The molecule has 1 aliphatic heterocycles. The third-order valence-electron chi connectivity index (χ3n) is 4.50. The zero-order valence-electron chi connectivity index (χ0n) is 12.0. The Hall–Kier alpha value is -0.410. The largest absolute Gasteiger partial charge is 0.368 e. The molecule has 0 bridgehead atoms. The summed E-state index contributed by atoms with van der Waals surface area (Å²) in [6.07, 6.45) is 3.24. The second kappa shape index (κ2) is 6.16. The van der Waals surface area contributed by atoms with Crippen LogP contribution in [0, 0.1) is 17.8 Å². The van der Waals surface area contributed by atoms with E-state index in [9.17, 15) is 4.79 Å². The number of Topliss-reactive ketones (excluding diaryl/α,β-unsaturated/α-hetero) is 1. The zero-order chi connectivity index (χ0) is 13.1. The lowest BCUT2D eigenvalue weighted by molar-refractivity contribution is -0.142. The molecule has 104 valence electrons. The van der Waals surface area contributed by atoms with Gasteiger partial charge in [-0.25, -0.2) is 0 Å². The third kappa shape index (κ3) is 3.33. The van der Waals surface area contributed by atoms with E-state index in [-0.39, 0.29) is 12.0 Å². The number of likely N-dealkylation sites (N-methyl/N-ethyl adjacent to an activating group) is 1. The molecule has 18 heavy (non-hydrogen) atoms. The summed E-state index contributed by atoms with van der Waals surface area (Å²) in [4.78, 5) is 14.9. The first kappa shape index (κ1) is 14.0. The first-order valence-electron chi connectivity index (χ1n) is 7.47. The Morgan fingerprint density at radius 3 is 2.50 bits per heavy atom. The van der Waals surface area contributed by atoms with Gasteiger partial charge in [0.1, 0.15) is 6.10 Å². The second-order valence-corrected chi connectivity index (χ2v) is 6.27. The standard InChI is InChI=1S/C15H27NO2/c1-4-16-5-6-18-14(10-16)15(17)13-8-11(2)7-12(3)9-13/h11-14H,4-10H2,1-3H3. The van der Waals surface area contributed by atoms with Crippen molar-refractivity contribution in [3.05, 3.63) is 0 Å². The van der Waals surface area contributed by atoms with Gasteiger partial charge in [0.15, 0.2) is 5.78 Å². The molecule has 0 radical (unpaired) electrons. The topological polar surface area (TPSA) is 29.5 Å². The molecule has 1 saturated heterocycles. The van der Waals surface area contributed by atoms with E-state index in [0.29, 0.717) is 24.2 Å². The minimum atomic E-state index is -0.166. The molecule has 3 atom stereocenters. The lowest BCUT2D eigenvalue weighted by Crippen LogP contribution is -2.48. The maximum Gasteiger partial charge on any atom is 0.165 e. The van der Waals surface area contributed by atoms with Crippen LogP contribution in [-0.2, 0) is 9.53 Å². The van der Waals surface area contributed by atoms with Crippen LogP contribution >= 0.6 is 0 Å². The van der Waals surface area contributed by atoms with Gasteiger partial charge in [-0.3, -0.25) is 9.69 Å². The number of carbonyl (C=O) groups excluding carboxylic acids is 1. The maximum atomic E-state index is 12.6. The van der Waals surface area contributed by atoms with Crippen LogP contribution in [0.15, 0.2) is 0 Å². The smallest absolute Gasteiger partial charge is 0.165 e. The number of nitrogens with zero attached hydrogens (tertiary/aromatic N) is 1. The van der Waals surface area contributed by atoms with E-state index in [2.05, 4.69) is 25.7 Å². The van der Waals surface area contributed by atoms with Gasteiger partial charge >= 0.3 is 0 Å². The van der Waals surface area contributed by atoms with E-state index >= 15 is 0 Å². The molecular formula is C15H27NO2. The van der Waals surface area contributed by atoms with E-state index in [0.717, 1.165) is 32.5 Å². The molecule has 0 aromatic carbocycles. The van der Waals surface area contributed by atoms with E-state index in [4.69, 9.17) is 4.74 Å². The SMILES string of the molecule is CCN1CCOC(C(=O)C2CC(C)CC(C)C2)C1. The summed E-state index contributed by atoms with van der Waals surface area (Å²) >= 11 is 0. The molecule has 3 unspecified atom stereocenters. The van der Waals surface area contributed by atoms with Crippen LogP contribution in [-0.4, -0.2) is 43.0 Å². The molecule has 2 rings (SSSR count). The zero-order valence-corrected chi connectivity index (χ0v) is 12.0. The van der Waals surface area contributed by atoms with Gasteiger partial charge in [0.2, 0.25) is 0 Å². The summed E-state index contributed by atoms with van der Waals surface area (Å²) in [7, 11) is 0. The van der Waals surface area contributed by atoms with Gasteiger partial charge in [0.25, 0.3) is 0 Å². The number of carbonyl (C=O) groups is 1. The maximum absolute atomic E-state index is 12.6. The summed E-state index contributed by atoms with van der Waals surface area (Å²) in [6, 6.07) is 0. The van der Waals surface area contributed by atoms with Crippen LogP contribution in [0.25, 0.3) is 0 Å². The lowest BCUT2D eigenvalue weighted by atomic mass is 9.74. The van der Waals surface area contributed by atoms with Crippen LogP contribution in [0.3, 0.4) is 0 Å². The normalized spacial score (nSPS) is 38.6. The van der Waals surface area contributed by atoms with Crippen molar-refractivity contribution in [2.45, 2.75) is 46.1 Å². The van der Waals surface area contributed by atoms with Gasteiger partial charge in [-0.2, -0.15) is 0 Å². The number of ketones is 1. The van der Waals surface area contributed by atoms with Crippen molar-refractivity contribution in [2.24, 2.45) is 17.8 Å². The van der Waals surface area contributed by atoms with Crippen LogP contribution in [0.1, 0.15) is 40.0 Å². The Morgan fingerprint density at radius 2 is 1.89 bits per heavy atom. The third-order valence-corrected chi connectivity index (χ3v) is 4.50. The van der Waals surface area contributed by atoms with Gasteiger partial charge in [-0.05, 0) is 37.6 Å². The average Bonchev–Trinajstić information content (AvgIpc) is 2.37. The first-order valence-corrected chi connectivity index (χ1v) is 7.47. The molecule has 0 aromatic rings. The minimum absolute atomic E-state index is 0.166. The number of ether oxygens (including phenoxy) is 1. The summed E-state index contributed by atoms with van der Waals surface area (Å²) in [5, 5.41) is 0. The van der Waals surface area contributed by atoms with E-state index < -0.39 is 0 Å². The van der Waals surface area contributed by atoms with E-state index in [1.165, 1.54) is 6.42 Å². The van der Waals surface area contributed by atoms with Gasteiger partial charge in [0, 0.05) is 19.0 Å². The van der Waals surface area contributed by atoms with Crippen molar-refractivity contribution in [2.75, 3.05) is 26.2 Å². The van der Waals surface area contributed by atoms with Crippen LogP contribution in [0.2, 0.25) is 0 Å². The van der Waals surface area contributed by atoms with E-state index in [1.54, 1.807) is 0 Å². The van der Waals surface area contributed by atoms with Gasteiger partial charge in [-0.1, -0.05) is 20.8 Å². The summed E-state index contributed by atoms with van der Waals surface area (Å²) < 4.78 is 5.70. The van der Waals surface area contributed by atoms with Gasteiger partial charge in [-0.15, -0.1) is 0 Å². The molecule has 3 nitrogen and oxygen atoms in total. The van der Waals surface area contributed by atoms with Gasteiger partial charge < -0.3 is 4.74 Å². The quantitative estimate of drug-likeness (QED) is 0.773. The van der Waals surface area contributed by atoms with Crippen molar-refractivity contribution in [3.63, 3.8) is 0 Å². The molecule has 1 heterocycles. The fourth-order valence-electron chi connectivity index (χ4n) is 3.60. The molecule has 2 fully saturated rings. The number of hydrogen-bond acceptors (Lipinski definition) is 3. The predicted octanol–water partition coefficient (Wildman–Crippen LogP) is 2.35. The number of hydrogen-bond donors (Lipinski definition) is 0. The average molecular weight is 253 g/mol. The fourth-order valence-corrected chi connectivity index (χ4v) is 3.60. The highest BCUT2D eigenvalue weighted by molar-refractivity contribution is 5.85. The highest BCUT2D eigenvalue weighted by Gasteiger charge is 2.35. The molecule has 3 heteroatoms. The highest BCUT2D eigenvalue weighted by atomic mass is 16.5. The Balaban J connectivity index is 1.93.